The second-order valence-corrected chi connectivity index (χ2v) is 7.34. The maximum absolute atomic E-state index is 12.5. The zero-order chi connectivity index (χ0) is 17.9. The van der Waals surface area contributed by atoms with Crippen molar-refractivity contribution in [2.75, 3.05) is 13.1 Å². The summed E-state index contributed by atoms with van der Waals surface area (Å²) in [4.78, 5) is 26.1. The highest BCUT2D eigenvalue weighted by atomic mass is 16.2. The maximum Gasteiger partial charge on any atom is 0.251 e. The lowest BCUT2D eigenvalue weighted by Crippen LogP contribution is -2.27. The molecule has 2 aromatic rings. The van der Waals surface area contributed by atoms with Gasteiger partial charge in [-0.25, -0.2) is 0 Å². The van der Waals surface area contributed by atoms with Gasteiger partial charge in [-0.2, -0.15) is 0 Å². The summed E-state index contributed by atoms with van der Waals surface area (Å²) in [5.74, 6) is 1.29. The number of hydrogen-bond acceptors (Lipinski definition) is 2. The predicted octanol–water partition coefficient (Wildman–Crippen LogP) is 3.34. The second kappa shape index (κ2) is 7.32. The van der Waals surface area contributed by atoms with Gasteiger partial charge in [0.2, 0.25) is 5.91 Å². The molecule has 2 aliphatic rings. The van der Waals surface area contributed by atoms with E-state index in [1.807, 2.05) is 35.2 Å². The third kappa shape index (κ3) is 3.79. The van der Waals surface area contributed by atoms with Crippen molar-refractivity contribution in [2.24, 2.45) is 5.92 Å². The molecule has 1 saturated heterocycles. The van der Waals surface area contributed by atoms with Crippen LogP contribution < -0.4 is 5.32 Å². The summed E-state index contributed by atoms with van der Waals surface area (Å²) in [6.45, 7) is 2.13. The van der Waals surface area contributed by atoms with Gasteiger partial charge in [0.1, 0.15) is 0 Å². The molecule has 0 radical (unpaired) electrons. The van der Waals surface area contributed by atoms with Crippen LogP contribution in [0.15, 0.2) is 54.6 Å². The maximum atomic E-state index is 12.5. The fourth-order valence-electron chi connectivity index (χ4n) is 3.81. The van der Waals surface area contributed by atoms with Crippen LogP contribution in [0.25, 0.3) is 0 Å². The summed E-state index contributed by atoms with van der Waals surface area (Å²) in [7, 11) is 0. The Morgan fingerprint density at radius 1 is 1.12 bits per heavy atom. The topological polar surface area (TPSA) is 49.4 Å². The highest BCUT2D eigenvalue weighted by molar-refractivity contribution is 5.94. The summed E-state index contributed by atoms with van der Waals surface area (Å²) in [6, 6.07) is 18.1. The lowest BCUT2D eigenvalue weighted by atomic mass is 10.1. The van der Waals surface area contributed by atoms with Gasteiger partial charge in [-0.3, -0.25) is 9.59 Å². The van der Waals surface area contributed by atoms with E-state index in [-0.39, 0.29) is 11.8 Å². The first kappa shape index (κ1) is 16.8. The number of rotatable bonds is 6. The molecule has 4 rings (SSSR count). The summed E-state index contributed by atoms with van der Waals surface area (Å²) in [5.41, 5.74) is 3.05. The third-order valence-electron chi connectivity index (χ3n) is 5.41. The minimum Gasteiger partial charge on any atom is -0.352 e. The molecule has 134 valence electrons. The quantitative estimate of drug-likeness (QED) is 0.870. The molecule has 2 atom stereocenters. The number of carbonyl (C=O) groups excluding carboxylic acids is 2. The van der Waals surface area contributed by atoms with Crippen LogP contribution in [-0.2, 0) is 11.3 Å². The number of benzene rings is 2. The largest absolute Gasteiger partial charge is 0.352 e. The van der Waals surface area contributed by atoms with Gasteiger partial charge < -0.3 is 10.2 Å². The summed E-state index contributed by atoms with van der Waals surface area (Å²) < 4.78 is 0. The zero-order valence-corrected chi connectivity index (χ0v) is 14.9. The second-order valence-electron chi connectivity index (χ2n) is 7.34. The Kier molecular flexibility index (Phi) is 4.74. The van der Waals surface area contributed by atoms with Crippen molar-refractivity contribution in [1.82, 2.24) is 10.2 Å². The van der Waals surface area contributed by atoms with Crippen LogP contribution in [0.4, 0.5) is 0 Å². The Hall–Kier alpha value is -2.62. The molecule has 2 aromatic carbocycles. The van der Waals surface area contributed by atoms with E-state index < -0.39 is 0 Å². The highest BCUT2D eigenvalue weighted by Crippen LogP contribution is 2.46. The molecular formula is C22H24N2O2. The van der Waals surface area contributed by atoms with Crippen LogP contribution in [0, 0.1) is 5.92 Å². The van der Waals surface area contributed by atoms with E-state index in [1.165, 1.54) is 5.56 Å². The van der Waals surface area contributed by atoms with Gasteiger partial charge in [0.15, 0.2) is 0 Å². The minimum absolute atomic E-state index is 0.0293. The standard InChI is InChI=1S/C22H24N2O2/c25-21-10-5-11-24(21)15-16-6-4-9-18(12-16)22(26)23-14-19-13-20(19)17-7-2-1-3-8-17/h1-4,6-9,12,19-20H,5,10-11,13-15H2,(H,23,26)/t19-,20-/m0/s1. The van der Waals surface area contributed by atoms with Crippen molar-refractivity contribution < 1.29 is 9.59 Å². The van der Waals surface area contributed by atoms with Crippen molar-refractivity contribution >= 4 is 11.8 Å². The monoisotopic (exact) mass is 348 g/mol. The molecule has 1 N–H and O–H groups in total. The van der Waals surface area contributed by atoms with Crippen LogP contribution in [0.3, 0.4) is 0 Å². The molecule has 2 amide bonds. The normalized spacial score (nSPS) is 21.7. The Morgan fingerprint density at radius 2 is 1.96 bits per heavy atom. The average molecular weight is 348 g/mol. The fraction of sp³-hybridized carbons (Fsp3) is 0.364. The van der Waals surface area contributed by atoms with Crippen LogP contribution in [0.5, 0.6) is 0 Å². The van der Waals surface area contributed by atoms with Crippen LogP contribution >= 0.6 is 0 Å². The van der Waals surface area contributed by atoms with Crippen molar-refractivity contribution in [1.29, 1.82) is 0 Å². The molecule has 26 heavy (non-hydrogen) atoms. The van der Waals surface area contributed by atoms with Gasteiger partial charge in [-0.05, 0) is 47.9 Å². The highest BCUT2D eigenvalue weighted by Gasteiger charge is 2.38. The molecular weight excluding hydrogens is 324 g/mol. The minimum atomic E-state index is -0.0293. The number of nitrogens with zero attached hydrogens (tertiary/aromatic N) is 1. The Morgan fingerprint density at radius 3 is 2.73 bits per heavy atom. The number of amides is 2. The third-order valence-corrected chi connectivity index (χ3v) is 5.41. The first-order valence-corrected chi connectivity index (χ1v) is 9.40. The van der Waals surface area contributed by atoms with Gasteiger partial charge >= 0.3 is 0 Å². The van der Waals surface area contributed by atoms with Gasteiger partial charge in [-0.1, -0.05) is 42.5 Å². The number of likely N-dealkylation sites (tertiary alicyclic amines) is 1. The van der Waals surface area contributed by atoms with Gasteiger partial charge in [-0.15, -0.1) is 0 Å². The molecule has 0 spiro atoms. The van der Waals surface area contributed by atoms with Gasteiger partial charge in [0.05, 0.1) is 0 Å². The van der Waals surface area contributed by atoms with Crippen molar-refractivity contribution in [3.8, 4) is 0 Å². The smallest absolute Gasteiger partial charge is 0.251 e. The van der Waals surface area contributed by atoms with Gasteiger partial charge in [0, 0.05) is 31.6 Å². The molecule has 1 aliphatic carbocycles. The van der Waals surface area contributed by atoms with Crippen LogP contribution in [0.2, 0.25) is 0 Å². The Balaban J connectivity index is 1.31. The lowest BCUT2D eigenvalue weighted by Gasteiger charge is -2.16. The van der Waals surface area contributed by atoms with Crippen molar-refractivity contribution in [2.45, 2.75) is 31.7 Å². The van der Waals surface area contributed by atoms with Crippen LogP contribution in [0.1, 0.15) is 46.7 Å². The Bertz CT molecular complexity index is 803. The summed E-state index contributed by atoms with van der Waals surface area (Å²) in [5, 5.41) is 3.07. The molecule has 4 heteroatoms. The average Bonchev–Trinajstić information content (AvgIpc) is 3.35. The van der Waals surface area contributed by atoms with E-state index >= 15 is 0 Å². The van der Waals surface area contributed by atoms with Crippen LogP contribution in [-0.4, -0.2) is 29.8 Å². The SMILES string of the molecule is O=C(NC[C@@H]1C[C@H]1c1ccccc1)c1cccc(CN2CCCC2=O)c1. The fourth-order valence-corrected chi connectivity index (χ4v) is 3.81. The van der Waals surface area contributed by atoms with Crippen molar-refractivity contribution in [3.05, 3.63) is 71.3 Å². The van der Waals surface area contributed by atoms with Crippen molar-refractivity contribution in [3.63, 3.8) is 0 Å². The lowest BCUT2D eigenvalue weighted by molar-refractivity contribution is -0.128. The number of nitrogens with one attached hydrogen (secondary N) is 1. The van der Waals surface area contributed by atoms with E-state index in [1.54, 1.807) is 0 Å². The van der Waals surface area contributed by atoms with E-state index in [4.69, 9.17) is 0 Å². The number of hydrogen-bond donors (Lipinski definition) is 1. The zero-order valence-electron chi connectivity index (χ0n) is 14.9. The molecule has 1 aliphatic heterocycles. The van der Waals surface area contributed by atoms with E-state index in [0.29, 0.717) is 36.9 Å². The first-order valence-electron chi connectivity index (χ1n) is 9.40. The summed E-state index contributed by atoms with van der Waals surface area (Å²) >= 11 is 0. The van der Waals surface area contributed by atoms with E-state index in [0.717, 1.165) is 24.9 Å². The van der Waals surface area contributed by atoms with Gasteiger partial charge in [0.25, 0.3) is 5.91 Å². The van der Waals surface area contributed by atoms with E-state index in [2.05, 4.69) is 29.6 Å². The molecule has 1 saturated carbocycles. The number of carbonyl (C=O) groups is 2. The Labute approximate surface area is 154 Å². The molecule has 0 bridgehead atoms. The predicted molar refractivity (Wildman–Crippen MR) is 101 cm³/mol. The summed E-state index contributed by atoms with van der Waals surface area (Å²) in [6.07, 6.45) is 2.72. The van der Waals surface area contributed by atoms with E-state index in [9.17, 15) is 9.59 Å². The first-order chi connectivity index (χ1) is 12.7. The molecule has 0 unspecified atom stereocenters. The molecule has 2 fully saturated rings. The molecule has 1 heterocycles. The molecule has 0 aromatic heterocycles. The molecule has 4 nitrogen and oxygen atoms in total.